The molecule has 3 aromatic rings. The molecule has 0 spiro atoms. The minimum Gasteiger partial charge on any atom is -0.466 e. The number of carbonyl (C=O) groups excluding carboxylic acids is 1. The lowest BCUT2D eigenvalue weighted by atomic mass is 9.96. The molecule has 2 heterocycles. The lowest BCUT2D eigenvalue weighted by molar-refractivity contribution is -0.136. The molecular formula is C22H16Cl2N2O3S. The maximum absolute atomic E-state index is 13.4. The Morgan fingerprint density at radius 2 is 1.93 bits per heavy atom. The number of esters is 1. The Bertz CT molecular complexity index is 1360. The van der Waals surface area contributed by atoms with E-state index in [1.165, 1.54) is 23.0 Å². The molecule has 1 aromatic heterocycles. The number of methoxy groups -OCH3 is 1. The summed E-state index contributed by atoms with van der Waals surface area (Å²) in [4.78, 5) is 31.0. The fraction of sp³-hybridized carbons (Fsp3) is 0.136. The zero-order valence-electron chi connectivity index (χ0n) is 16.1. The van der Waals surface area contributed by atoms with Gasteiger partial charge in [-0.15, -0.1) is 0 Å². The summed E-state index contributed by atoms with van der Waals surface area (Å²) in [5, 5.41) is 0.959. The van der Waals surface area contributed by atoms with Crippen LogP contribution in [0.1, 0.15) is 24.1 Å². The summed E-state index contributed by atoms with van der Waals surface area (Å²) in [5.41, 5.74) is 2.07. The highest BCUT2D eigenvalue weighted by atomic mass is 35.5. The van der Waals surface area contributed by atoms with Crippen LogP contribution in [0.3, 0.4) is 0 Å². The van der Waals surface area contributed by atoms with Crippen molar-refractivity contribution in [2.75, 3.05) is 7.11 Å². The molecule has 0 radical (unpaired) electrons. The Morgan fingerprint density at radius 1 is 1.20 bits per heavy atom. The molecule has 0 saturated carbocycles. The van der Waals surface area contributed by atoms with Crippen LogP contribution >= 0.6 is 34.5 Å². The molecule has 0 aliphatic carbocycles. The molecule has 0 saturated heterocycles. The van der Waals surface area contributed by atoms with Gasteiger partial charge in [-0.3, -0.25) is 9.36 Å². The Balaban J connectivity index is 1.98. The van der Waals surface area contributed by atoms with Crippen LogP contribution in [-0.2, 0) is 9.53 Å². The predicted molar refractivity (Wildman–Crippen MR) is 119 cm³/mol. The number of rotatable bonds is 3. The van der Waals surface area contributed by atoms with E-state index < -0.39 is 12.0 Å². The van der Waals surface area contributed by atoms with Crippen molar-refractivity contribution < 1.29 is 9.53 Å². The van der Waals surface area contributed by atoms with Crippen molar-refractivity contribution in [3.8, 4) is 0 Å². The van der Waals surface area contributed by atoms with E-state index in [4.69, 9.17) is 27.9 Å². The molecular weight excluding hydrogens is 443 g/mol. The third-order valence-corrected chi connectivity index (χ3v) is 6.34. The van der Waals surface area contributed by atoms with E-state index >= 15 is 0 Å². The molecule has 1 aliphatic heterocycles. The van der Waals surface area contributed by atoms with Crippen molar-refractivity contribution in [2.45, 2.75) is 13.0 Å². The Morgan fingerprint density at radius 3 is 2.60 bits per heavy atom. The summed E-state index contributed by atoms with van der Waals surface area (Å²) in [6.07, 6.45) is 1.71. The van der Waals surface area contributed by atoms with Crippen LogP contribution in [0.4, 0.5) is 0 Å². The first-order valence-electron chi connectivity index (χ1n) is 9.01. The van der Waals surface area contributed by atoms with Crippen LogP contribution in [0.15, 0.2) is 69.6 Å². The predicted octanol–water partition coefficient (Wildman–Crippen LogP) is 3.72. The first kappa shape index (κ1) is 20.6. The highest BCUT2D eigenvalue weighted by Gasteiger charge is 2.32. The Labute approximate surface area is 186 Å². The zero-order chi connectivity index (χ0) is 21.4. The van der Waals surface area contributed by atoms with Gasteiger partial charge in [-0.2, -0.15) is 0 Å². The molecule has 0 amide bonds. The van der Waals surface area contributed by atoms with Gasteiger partial charge < -0.3 is 4.74 Å². The third kappa shape index (κ3) is 3.62. The molecule has 5 nitrogen and oxygen atoms in total. The second-order valence-electron chi connectivity index (χ2n) is 6.65. The largest absolute Gasteiger partial charge is 0.466 e. The van der Waals surface area contributed by atoms with Gasteiger partial charge in [0.25, 0.3) is 5.56 Å². The summed E-state index contributed by atoms with van der Waals surface area (Å²) >= 11 is 13.5. The standard InChI is InChI=1S/C22H16Cl2N2O3S/c1-12-18(21(28)29-2)19(13-6-4-3-5-7-13)26-20(27)17(30-22(26)25-12)10-14-8-9-15(23)11-16(14)24/h3-11,19H,1-2H3/b17-10-/t19-/m1/s1. The Hall–Kier alpha value is -2.67. The lowest BCUT2D eigenvalue weighted by Gasteiger charge is -2.24. The highest BCUT2D eigenvalue weighted by Crippen LogP contribution is 2.30. The zero-order valence-corrected chi connectivity index (χ0v) is 18.4. The highest BCUT2D eigenvalue weighted by molar-refractivity contribution is 7.07. The van der Waals surface area contributed by atoms with Gasteiger partial charge in [0.15, 0.2) is 4.80 Å². The van der Waals surface area contributed by atoms with Gasteiger partial charge in [0.2, 0.25) is 0 Å². The van der Waals surface area contributed by atoms with Gasteiger partial charge >= 0.3 is 5.97 Å². The van der Waals surface area contributed by atoms with Crippen molar-refractivity contribution in [3.63, 3.8) is 0 Å². The van der Waals surface area contributed by atoms with E-state index in [2.05, 4.69) is 4.99 Å². The molecule has 1 atom stereocenters. The number of fused-ring (bicyclic) bond motifs is 1. The topological polar surface area (TPSA) is 60.7 Å². The normalized spacial score (nSPS) is 16.3. The van der Waals surface area contributed by atoms with Gasteiger partial charge in [0.05, 0.1) is 29.0 Å². The molecule has 0 fully saturated rings. The minimum atomic E-state index is -0.627. The van der Waals surface area contributed by atoms with Crippen LogP contribution in [0, 0.1) is 0 Å². The molecule has 0 bridgehead atoms. The number of halogens is 2. The van der Waals surface area contributed by atoms with Gasteiger partial charge in [-0.05, 0) is 36.3 Å². The van der Waals surface area contributed by atoms with Crippen molar-refractivity contribution in [3.05, 3.63) is 101 Å². The van der Waals surface area contributed by atoms with E-state index in [-0.39, 0.29) is 5.56 Å². The van der Waals surface area contributed by atoms with Crippen LogP contribution < -0.4 is 14.9 Å². The molecule has 2 aromatic carbocycles. The van der Waals surface area contributed by atoms with Gasteiger partial charge in [-0.25, -0.2) is 9.79 Å². The van der Waals surface area contributed by atoms with E-state index in [9.17, 15) is 9.59 Å². The van der Waals surface area contributed by atoms with Crippen molar-refractivity contribution in [2.24, 2.45) is 4.99 Å². The summed E-state index contributed by atoms with van der Waals surface area (Å²) < 4.78 is 6.98. The number of carbonyl (C=O) groups is 1. The van der Waals surface area contributed by atoms with Gasteiger partial charge in [0, 0.05) is 10.0 Å². The number of aromatic nitrogens is 1. The van der Waals surface area contributed by atoms with Crippen molar-refractivity contribution in [1.82, 2.24) is 4.57 Å². The van der Waals surface area contributed by atoms with Crippen molar-refractivity contribution >= 4 is 46.6 Å². The smallest absolute Gasteiger partial charge is 0.338 e. The molecule has 0 unspecified atom stereocenters. The first-order valence-corrected chi connectivity index (χ1v) is 10.6. The van der Waals surface area contributed by atoms with Gasteiger partial charge in [0.1, 0.15) is 0 Å². The SMILES string of the molecule is COC(=O)C1=C(C)N=c2s/c(=C\c3ccc(Cl)cc3Cl)c(=O)n2[C@@H]1c1ccccc1. The third-order valence-electron chi connectivity index (χ3n) is 4.79. The lowest BCUT2D eigenvalue weighted by Crippen LogP contribution is -2.39. The number of hydrogen-bond acceptors (Lipinski definition) is 5. The average Bonchev–Trinajstić information content (AvgIpc) is 3.04. The molecule has 4 rings (SSSR count). The minimum absolute atomic E-state index is 0.257. The fourth-order valence-electron chi connectivity index (χ4n) is 3.40. The number of ether oxygens (including phenoxy) is 1. The Kier molecular flexibility index (Phi) is 5.64. The number of nitrogens with zero attached hydrogens (tertiary/aromatic N) is 2. The summed E-state index contributed by atoms with van der Waals surface area (Å²) in [7, 11) is 1.32. The average molecular weight is 459 g/mol. The van der Waals surface area contributed by atoms with Crippen LogP contribution in [0.25, 0.3) is 6.08 Å². The van der Waals surface area contributed by atoms with E-state index in [0.717, 1.165) is 5.56 Å². The monoisotopic (exact) mass is 458 g/mol. The first-order chi connectivity index (χ1) is 14.4. The number of benzene rings is 2. The molecule has 1 aliphatic rings. The number of hydrogen-bond donors (Lipinski definition) is 0. The van der Waals surface area contributed by atoms with Gasteiger partial charge in [-0.1, -0.05) is 70.9 Å². The molecule has 8 heteroatoms. The maximum Gasteiger partial charge on any atom is 0.338 e. The summed E-state index contributed by atoms with van der Waals surface area (Å²) in [6, 6.07) is 13.8. The number of allylic oxidation sites excluding steroid dienone is 1. The molecule has 0 N–H and O–H groups in total. The van der Waals surface area contributed by atoms with E-state index in [1.54, 1.807) is 31.2 Å². The second kappa shape index (κ2) is 8.22. The van der Waals surface area contributed by atoms with Crippen LogP contribution in [-0.4, -0.2) is 17.6 Å². The van der Waals surface area contributed by atoms with E-state index in [0.29, 0.717) is 36.2 Å². The summed E-state index contributed by atoms with van der Waals surface area (Å²) in [5.74, 6) is -0.514. The number of thiazole rings is 1. The van der Waals surface area contributed by atoms with E-state index in [1.807, 2.05) is 30.3 Å². The maximum atomic E-state index is 13.4. The molecule has 30 heavy (non-hydrogen) atoms. The second-order valence-corrected chi connectivity index (χ2v) is 8.50. The van der Waals surface area contributed by atoms with Crippen LogP contribution in [0.5, 0.6) is 0 Å². The fourth-order valence-corrected chi connectivity index (χ4v) is 4.90. The quantitative estimate of drug-likeness (QED) is 0.561. The summed E-state index contributed by atoms with van der Waals surface area (Å²) in [6.45, 7) is 1.75. The van der Waals surface area contributed by atoms with Crippen molar-refractivity contribution in [1.29, 1.82) is 0 Å². The molecule has 152 valence electrons. The van der Waals surface area contributed by atoms with Crippen LogP contribution in [0.2, 0.25) is 10.0 Å².